The summed E-state index contributed by atoms with van der Waals surface area (Å²) in [5, 5.41) is 0. The van der Waals surface area contributed by atoms with E-state index in [-0.39, 0.29) is 0 Å². The van der Waals surface area contributed by atoms with Crippen molar-refractivity contribution in [2.75, 3.05) is 0 Å². The summed E-state index contributed by atoms with van der Waals surface area (Å²) in [6.07, 6.45) is 13.0. The number of hydrogen-bond donors (Lipinski definition) is 0. The van der Waals surface area contributed by atoms with Gasteiger partial charge in [-0.1, -0.05) is 36.0 Å². The van der Waals surface area contributed by atoms with Gasteiger partial charge in [0.2, 0.25) is 0 Å². The molecule has 0 aromatic carbocycles. The minimum absolute atomic E-state index is 1.24. The second-order valence-electron chi connectivity index (χ2n) is 2.65. The largest absolute Gasteiger partial charge is 0.0919 e. The Hall–Kier alpha value is -0.780. The van der Waals surface area contributed by atoms with Crippen molar-refractivity contribution in [2.24, 2.45) is 0 Å². The van der Waals surface area contributed by atoms with E-state index in [1.165, 1.54) is 18.4 Å². The molecule has 0 aromatic heterocycles. The van der Waals surface area contributed by atoms with E-state index in [0.29, 0.717) is 0 Å². The van der Waals surface area contributed by atoms with Gasteiger partial charge in [0.25, 0.3) is 0 Å². The lowest BCUT2D eigenvalue weighted by Crippen LogP contribution is -1.78. The molecule has 0 N–H and O–H groups in total. The second-order valence-corrected chi connectivity index (χ2v) is 2.65. The summed E-state index contributed by atoms with van der Waals surface area (Å²) in [4.78, 5) is 0. The van der Waals surface area contributed by atoms with Gasteiger partial charge in [0, 0.05) is 0 Å². The molecule has 0 nitrogen and oxygen atoms in total. The average Bonchev–Trinajstić information content (AvgIpc) is 2.07. The Bertz CT molecular complexity index is 155. The standard InChI is InChI=1S/C7H10.C4H8/c1-7-5-3-2-4-6-7;1-3-4-2/h2-3,5H,4,6H2,1H3;3-4H,1-2H3/b;4-3-. The first kappa shape index (κ1) is 10.2. The number of allylic oxidation sites excluding steroid dienone is 6. The summed E-state index contributed by atoms with van der Waals surface area (Å²) in [5.41, 5.74) is 1.50. The van der Waals surface area contributed by atoms with Crippen molar-refractivity contribution in [3.8, 4) is 0 Å². The van der Waals surface area contributed by atoms with Crippen molar-refractivity contribution in [3.63, 3.8) is 0 Å². The molecule has 0 spiro atoms. The summed E-state index contributed by atoms with van der Waals surface area (Å²) in [6, 6.07) is 0. The van der Waals surface area contributed by atoms with Crippen LogP contribution in [0, 0.1) is 0 Å². The molecule has 0 bridgehead atoms. The summed E-state index contributed by atoms with van der Waals surface area (Å²) < 4.78 is 0. The van der Waals surface area contributed by atoms with Gasteiger partial charge < -0.3 is 0 Å². The second kappa shape index (κ2) is 7.33. The molecule has 1 aliphatic rings. The first-order chi connectivity index (χ1) is 5.31. The van der Waals surface area contributed by atoms with Crippen LogP contribution in [0.15, 0.2) is 36.0 Å². The summed E-state index contributed by atoms with van der Waals surface area (Å²) >= 11 is 0. The van der Waals surface area contributed by atoms with Crippen LogP contribution in [0.1, 0.15) is 33.6 Å². The van der Waals surface area contributed by atoms with Crippen molar-refractivity contribution in [1.82, 2.24) is 0 Å². The SMILES string of the molecule is C/C=C\C.CC1=CC=CCC1. The summed E-state index contributed by atoms with van der Waals surface area (Å²) in [5.74, 6) is 0. The van der Waals surface area contributed by atoms with Gasteiger partial charge >= 0.3 is 0 Å². The number of hydrogen-bond acceptors (Lipinski definition) is 0. The van der Waals surface area contributed by atoms with E-state index in [2.05, 4.69) is 25.2 Å². The zero-order valence-corrected chi connectivity index (χ0v) is 7.80. The van der Waals surface area contributed by atoms with Gasteiger partial charge in [-0.2, -0.15) is 0 Å². The van der Waals surface area contributed by atoms with Crippen LogP contribution in [0.2, 0.25) is 0 Å². The lowest BCUT2D eigenvalue weighted by molar-refractivity contribution is 0.962. The van der Waals surface area contributed by atoms with E-state index in [1.807, 2.05) is 26.0 Å². The van der Waals surface area contributed by atoms with Crippen LogP contribution in [-0.4, -0.2) is 0 Å². The molecule has 0 fully saturated rings. The van der Waals surface area contributed by atoms with Crippen LogP contribution in [0.25, 0.3) is 0 Å². The average molecular weight is 150 g/mol. The molecule has 1 rings (SSSR count). The molecule has 0 unspecified atom stereocenters. The van der Waals surface area contributed by atoms with Gasteiger partial charge in [-0.25, -0.2) is 0 Å². The Kier molecular flexibility index (Phi) is 6.81. The first-order valence-electron chi connectivity index (χ1n) is 4.21. The van der Waals surface area contributed by atoms with Gasteiger partial charge in [0.05, 0.1) is 0 Å². The van der Waals surface area contributed by atoms with Gasteiger partial charge in [0.15, 0.2) is 0 Å². The normalized spacial score (nSPS) is 15.7. The summed E-state index contributed by atoms with van der Waals surface area (Å²) in [7, 11) is 0. The molecule has 1 aliphatic carbocycles. The third-order valence-electron chi connectivity index (χ3n) is 1.56. The fraction of sp³-hybridized carbons (Fsp3) is 0.455. The highest BCUT2D eigenvalue weighted by Gasteiger charge is 1.88. The van der Waals surface area contributed by atoms with Gasteiger partial charge in [-0.3, -0.25) is 0 Å². The third-order valence-corrected chi connectivity index (χ3v) is 1.56. The van der Waals surface area contributed by atoms with Gasteiger partial charge in [0.1, 0.15) is 0 Å². The van der Waals surface area contributed by atoms with E-state index in [0.717, 1.165) is 0 Å². The molecule has 0 heterocycles. The van der Waals surface area contributed by atoms with Crippen molar-refractivity contribution in [1.29, 1.82) is 0 Å². The highest BCUT2D eigenvalue weighted by Crippen LogP contribution is 2.08. The lowest BCUT2D eigenvalue weighted by Gasteiger charge is -1.98. The van der Waals surface area contributed by atoms with Gasteiger partial charge in [-0.15, -0.1) is 0 Å². The van der Waals surface area contributed by atoms with Crippen molar-refractivity contribution < 1.29 is 0 Å². The minimum Gasteiger partial charge on any atom is -0.0919 e. The van der Waals surface area contributed by atoms with Crippen LogP contribution in [0.3, 0.4) is 0 Å². The summed E-state index contributed by atoms with van der Waals surface area (Å²) in [6.45, 7) is 6.17. The minimum atomic E-state index is 1.24. The van der Waals surface area contributed by atoms with Gasteiger partial charge in [-0.05, 0) is 33.6 Å². The maximum Gasteiger partial charge on any atom is -0.0285 e. The molecule has 0 aromatic rings. The Morgan fingerprint density at radius 2 is 1.91 bits per heavy atom. The maximum atomic E-state index is 2.20. The molecule has 0 saturated carbocycles. The van der Waals surface area contributed by atoms with Crippen molar-refractivity contribution >= 4 is 0 Å². The fourth-order valence-electron chi connectivity index (χ4n) is 0.723. The van der Waals surface area contributed by atoms with Crippen LogP contribution in [0.5, 0.6) is 0 Å². The van der Waals surface area contributed by atoms with E-state index in [9.17, 15) is 0 Å². The molecule has 0 atom stereocenters. The van der Waals surface area contributed by atoms with E-state index in [4.69, 9.17) is 0 Å². The molecular weight excluding hydrogens is 132 g/mol. The van der Waals surface area contributed by atoms with E-state index < -0.39 is 0 Å². The van der Waals surface area contributed by atoms with E-state index >= 15 is 0 Å². The molecule has 0 amide bonds. The maximum absolute atomic E-state index is 2.20. The predicted octanol–water partition coefficient (Wildman–Crippen LogP) is 3.87. The zero-order valence-electron chi connectivity index (χ0n) is 7.80. The third kappa shape index (κ3) is 7.11. The highest BCUT2D eigenvalue weighted by atomic mass is 13.9. The zero-order chi connectivity index (χ0) is 8.53. The molecular formula is C11H18. The van der Waals surface area contributed by atoms with E-state index in [1.54, 1.807) is 0 Å². The van der Waals surface area contributed by atoms with Crippen molar-refractivity contribution in [2.45, 2.75) is 33.6 Å². The first-order valence-corrected chi connectivity index (χ1v) is 4.21. The molecule has 0 saturated heterocycles. The van der Waals surface area contributed by atoms with Crippen molar-refractivity contribution in [3.05, 3.63) is 36.0 Å². The Labute approximate surface area is 70.3 Å². The van der Waals surface area contributed by atoms with Crippen LogP contribution < -0.4 is 0 Å². The molecule has 0 aliphatic heterocycles. The monoisotopic (exact) mass is 150 g/mol. The van der Waals surface area contributed by atoms with Crippen LogP contribution >= 0.6 is 0 Å². The Balaban J connectivity index is 0.000000218. The fourth-order valence-corrected chi connectivity index (χ4v) is 0.723. The smallest absolute Gasteiger partial charge is 0.0285 e. The number of rotatable bonds is 0. The quantitative estimate of drug-likeness (QED) is 0.460. The Morgan fingerprint density at radius 1 is 1.27 bits per heavy atom. The molecule has 62 valence electrons. The van der Waals surface area contributed by atoms with Crippen LogP contribution in [-0.2, 0) is 0 Å². The Morgan fingerprint density at radius 3 is 2.09 bits per heavy atom. The van der Waals surface area contributed by atoms with Crippen LogP contribution in [0.4, 0.5) is 0 Å². The lowest BCUT2D eigenvalue weighted by atomic mass is 10.1. The molecule has 0 radical (unpaired) electrons. The topological polar surface area (TPSA) is 0 Å². The molecule has 11 heavy (non-hydrogen) atoms. The predicted molar refractivity (Wildman–Crippen MR) is 52.6 cm³/mol. The highest BCUT2D eigenvalue weighted by molar-refractivity contribution is 5.15. The molecule has 0 heteroatoms.